The van der Waals surface area contributed by atoms with Gasteiger partial charge in [-0.2, -0.15) is 0 Å². The first-order valence-electron chi connectivity index (χ1n) is 4.08. The SMILES string of the molecule is Nc1c(F)cncc1-c1cccnc1. The zero-order valence-electron chi connectivity index (χ0n) is 7.31. The molecule has 0 saturated carbocycles. The largest absolute Gasteiger partial charge is 0.396 e. The Morgan fingerprint density at radius 2 is 2.00 bits per heavy atom. The molecule has 4 heteroatoms. The molecular formula is C10H8FN3. The summed E-state index contributed by atoms with van der Waals surface area (Å²) in [5.74, 6) is -0.508. The molecule has 0 bridgehead atoms. The monoisotopic (exact) mass is 189 g/mol. The Morgan fingerprint density at radius 1 is 1.14 bits per heavy atom. The number of hydrogen-bond donors (Lipinski definition) is 1. The van der Waals surface area contributed by atoms with E-state index >= 15 is 0 Å². The van der Waals surface area contributed by atoms with Crippen LogP contribution >= 0.6 is 0 Å². The average Bonchev–Trinajstić information content (AvgIpc) is 2.23. The molecule has 0 spiro atoms. The van der Waals surface area contributed by atoms with E-state index in [2.05, 4.69) is 9.97 Å². The number of anilines is 1. The minimum Gasteiger partial charge on any atom is -0.396 e. The maximum absolute atomic E-state index is 13.1. The van der Waals surface area contributed by atoms with Crippen LogP contribution in [-0.4, -0.2) is 9.97 Å². The molecule has 0 saturated heterocycles. The van der Waals surface area contributed by atoms with Crippen LogP contribution in [0.5, 0.6) is 0 Å². The van der Waals surface area contributed by atoms with Gasteiger partial charge in [-0.15, -0.1) is 0 Å². The predicted octanol–water partition coefficient (Wildman–Crippen LogP) is 1.86. The summed E-state index contributed by atoms with van der Waals surface area (Å²) in [5.41, 5.74) is 7.01. The quantitative estimate of drug-likeness (QED) is 0.744. The molecule has 2 rings (SSSR count). The van der Waals surface area contributed by atoms with Crippen molar-refractivity contribution in [3.63, 3.8) is 0 Å². The van der Waals surface area contributed by atoms with Gasteiger partial charge in [-0.25, -0.2) is 4.39 Å². The van der Waals surface area contributed by atoms with Crippen LogP contribution in [0.15, 0.2) is 36.9 Å². The summed E-state index contributed by atoms with van der Waals surface area (Å²) in [7, 11) is 0. The number of halogens is 1. The zero-order chi connectivity index (χ0) is 9.97. The molecule has 14 heavy (non-hydrogen) atoms. The van der Waals surface area contributed by atoms with Gasteiger partial charge in [-0.3, -0.25) is 9.97 Å². The van der Waals surface area contributed by atoms with E-state index in [9.17, 15) is 4.39 Å². The summed E-state index contributed by atoms with van der Waals surface area (Å²) in [6.45, 7) is 0. The van der Waals surface area contributed by atoms with Crippen LogP contribution < -0.4 is 5.73 Å². The number of nitrogen functional groups attached to an aromatic ring is 1. The smallest absolute Gasteiger partial charge is 0.164 e. The third-order valence-corrected chi connectivity index (χ3v) is 1.91. The van der Waals surface area contributed by atoms with E-state index in [1.165, 1.54) is 6.20 Å². The molecule has 2 aromatic rings. The molecule has 70 valence electrons. The lowest BCUT2D eigenvalue weighted by molar-refractivity contribution is 0.627. The van der Waals surface area contributed by atoms with Crippen molar-refractivity contribution in [3.8, 4) is 11.1 Å². The standard InChI is InChI=1S/C10H8FN3/c11-9-6-14-5-8(10(9)12)7-2-1-3-13-4-7/h1-6H,(H2,12,14). The fourth-order valence-corrected chi connectivity index (χ4v) is 1.20. The fourth-order valence-electron chi connectivity index (χ4n) is 1.20. The minimum atomic E-state index is -0.508. The number of pyridine rings is 2. The summed E-state index contributed by atoms with van der Waals surface area (Å²) >= 11 is 0. The van der Waals surface area contributed by atoms with Crippen molar-refractivity contribution < 1.29 is 4.39 Å². The van der Waals surface area contributed by atoms with E-state index in [1.54, 1.807) is 24.5 Å². The predicted molar refractivity (Wildman–Crippen MR) is 51.8 cm³/mol. The van der Waals surface area contributed by atoms with Gasteiger partial charge in [0.2, 0.25) is 0 Å². The van der Waals surface area contributed by atoms with Crippen LogP contribution in [0.2, 0.25) is 0 Å². The van der Waals surface area contributed by atoms with Crippen molar-refractivity contribution in [3.05, 3.63) is 42.7 Å². The van der Waals surface area contributed by atoms with Crippen molar-refractivity contribution in [1.29, 1.82) is 0 Å². The van der Waals surface area contributed by atoms with Gasteiger partial charge in [0.25, 0.3) is 0 Å². The Kier molecular flexibility index (Phi) is 2.10. The Balaban J connectivity index is 2.58. The van der Waals surface area contributed by atoms with E-state index in [1.807, 2.05) is 0 Å². The highest BCUT2D eigenvalue weighted by Gasteiger charge is 2.06. The van der Waals surface area contributed by atoms with Crippen LogP contribution in [0.1, 0.15) is 0 Å². The summed E-state index contributed by atoms with van der Waals surface area (Å²) in [5, 5.41) is 0. The van der Waals surface area contributed by atoms with Crippen LogP contribution in [0.4, 0.5) is 10.1 Å². The average molecular weight is 189 g/mol. The van der Waals surface area contributed by atoms with Gasteiger partial charge in [-0.05, 0) is 6.07 Å². The second-order valence-corrected chi connectivity index (χ2v) is 2.82. The third-order valence-electron chi connectivity index (χ3n) is 1.91. The van der Waals surface area contributed by atoms with E-state index < -0.39 is 5.82 Å². The number of aromatic nitrogens is 2. The third kappa shape index (κ3) is 1.42. The molecular weight excluding hydrogens is 181 g/mol. The second kappa shape index (κ2) is 3.41. The second-order valence-electron chi connectivity index (χ2n) is 2.82. The first kappa shape index (κ1) is 8.62. The lowest BCUT2D eigenvalue weighted by atomic mass is 10.1. The number of nitrogens with two attached hydrogens (primary N) is 1. The Bertz CT molecular complexity index is 442. The van der Waals surface area contributed by atoms with Crippen molar-refractivity contribution >= 4 is 5.69 Å². The van der Waals surface area contributed by atoms with Gasteiger partial charge in [0.15, 0.2) is 5.82 Å². The lowest BCUT2D eigenvalue weighted by Crippen LogP contribution is -1.95. The summed E-state index contributed by atoms with van der Waals surface area (Å²) in [6.07, 6.45) is 5.88. The van der Waals surface area contributed by atoms with Gasteiger partial charge in [0, 0.05) is 29.7 Å². The maximum atomic E-state index is 13.1. The normalized spacial score (nSPS) is 10.1. The van der Waals surface area contributed by atoms with Gasteiger partial charge >= 0.3 is 0 Å². The molecule has 0 radical (unpaired) electrons. The highest BCUT2D eigenvalue weighted by atomic mass is 19.1. The molecule has 2 aromatic heterocycles. The highest BCUT2D eigenvalue weighted by Crippen LogP contribution is 2.25. The molecule has 2 N–H and O–H groups in total. The molecule has 0 unspecified atom stereocenters. The Hall–Kier alpha value is -1.97. The molecule has 0 aliphatic carbocycles. The van der Waals surface area contributed by atoms with Gasteiger partial charge in [0.1, 0.15) is 0 Å². The van der Waals surface area contributed by atoms with Gasteiger partial charge in [-0.1, -0.05) is 6.07 Å². The van der Waals surface area contributed by atoms with Gasteiger partial charge < -0.3 is 5.73 Å². The molecule has 2 heterocycles. The first-order valence-corrected chi connectivity index (χ1v) is 4.08. The van der Waals surface area contributed by atoms with Crippen LogP contribution in [-0.2, 0) is 0 Å². The highest BCUT2D eigenvalue weighted by molar-refractivity contribution is 5.74. The van der Waals surface area contributed by atoms with E-state index in [0.717, 1.165) is 11.8 Å². The molecule has 0 fully saturated rings. The Morgan fingerprint density at radius 3 is 2.71 bits per heavy atom. The van der Waals surface area contributed by atoms with Crippen molar-refractivity contribution in [2.24, 2.45) is 0 Å². The Labute approximate surface area is 80.4 Å². The number of nitrogens with zero attached hydrogens (tertiary/aromatic N) is 2. The summed E-state index contributed by atoms with van der Waals surface area (Å²) in [6, 6.07) is 3.57. The van der Waals surface area contributed by atoms with E-state index in [0.29, 0.717) is 5.56 Å². The van der Waals surface area contributed by atoms with E-state index in [-0.39, 0.29) is 5.69 Å². The van der Waals surface area contributed by atoms with Gasteiger partial charge in [0.05, 0.1) is 11.9 Å². The van der Waals surface area contributed by atoms with Crippen LogP contribution in [0.25, 0.3) is 11.1 Å². The molecule has 0 aliphatic heterocycles. The minimum absolute atomic E-state index is 0.105. The lowest BCUT2D eigenvalue weighted by Gasteiger charge is -2.04. The molecule has 0 atom stereocenters. The maximum Gasteiger partial charge on any atom is 0.164 e. The van der Waals surface area contributed by atoms with Crippen molar-refractivity contribution in [2.45, 2.75) is 0 Å². The molecule has 0 aromatic carbocycles. The molecule has 0 amide bonds. The van der Waals surface area contributed by atoms with Crippen LogP contribution in [0.3, 0.4) is 0 Å². The van der Waals surface area contributed by atoms with Crippen LogP contribution in [0, 0.1) is 5.82 Å². The number of hydrogen-bond acceptors (Lipinski definition) is 3. The van der Waals surface area contributed by atoms with Crippen molar-refractivity contribution in [1.82, 2.24) is 9.97 Å². The van der Waals surface area contributed by atoms with E-state index in [4.69, 9.17) is 5.73 Å². The molecule has 0 aliphatic rings. The summed E-state index contributed by atoms with van der Waals surface area (Å²) < 4.78 is 13.1. The molecule has 3 nitrogen and oxygen atoms in total. The topological polar surface area (TPSA) is 51.8 Å². The zero-order valence-corrected chi connectivity index (χ0v) is 7.31. The number of rotatable bonds is 1. The summed E-state index contributed by atoms with van der Waals surface area (Å²) in [4.78, 5) is 7.66. The first-order chi connectivity index (χ1) is 6.79. The van der Waals surface area contributed by atoms with Crippen molar-refractivity contribution in [2.75, 3.05) is 5.73 Å². The fraction of sp³-hybridized carbons (Fsp3) is 0.